The molecule has 1 amide bonds. The first kappa shape index (κ1) is 15.1. The zero-order valence-electron chi connectivity index (χ0n) is 10.4. The lowest BCUT2D eigenvalue weighted by atomic mass is 10.2. The highest BCUT2D eigenvalue weighted by atomic mass is 32.2. The van der Waals surface area contributed by atoms with E-state index in [-0.39, 0.29) is 10.5 Å². The summed E-state index contributed by atoms with van der Waals surface area (Å²) in [6.45, 7) is 1.37. The van der Waals surface area contributed by atoms with Crippen molar-refractivity contribution >= 4 is 21.9 Å². The molecule has 0 aliphatic carbocycles. The van der Waals surface area contributed by atoms with Crippen molar-refractivity contribution in [2.45, 2.75) is 17.9 Å². The van der Waals surface area contributed by atoms with Crippen molar-refractivity contribution in [3.63, 3.8) is 0 Å². The smallest absolute Gasteiger partial charge is 0.326 e. The van der Waals surface area contributed by atoms with Gasteiger partial charge in [-0.15, -0.1) is 0 Å². The fourth-order valence-electron chi connectivity index (χ4n) is 1.33. The molecule has 0 radical (unpaired) electrons. The predicted molar refractivity (Wildman–Crippen MR) is 67.0 cm³/mol. The van der Waals surface area contributed by atoms with E-state index in [1.165, 1.54) is 38.2 Å². The summed E-state index contributed by atoms with van der Waals surface area (Å²) in [5, 5.41) is 13.7. The summed E-state index contributed by atoms with van der Waals surface area (Å²) in [5.74, 6) is -1.65. The van der Waals surface area contributed by atoms with Crippen molar-refractivity contribution < 1.29 is 23.1 Å². The maximum absolute atomic E-state index is 11.9. The van der Waals surface area contributed by atoms with E-state index in [0.29, 0.717) is 0 Å². The summed E-state index contributed by atoms with van der Waals surface area (Å²) >= 11 is 0. The Labute approximate surface area is 110 Å². The van der Waals surface area contributed by atoms with Crippen LogP contribution >= 0.6 is 0 Å². The predicted octanol–water partition coefficient (Wildman–Crippen LogP) is -0.121. The highest BCUT2D eigenvalue weighted by Crippen LogP contribution is 2.11. The van der Waals surface area contributed by atoms with Crippen LogP contribution in [0.15, 0.2) is 29.2 Å². The van der Waals surface area contributed by atoms with Crippen LogP contribution in [0, 0.1) is 0 Å². The van der Waals surface area contributed by atoms with E-state index < -0.39 is 27.9 Å². The van der Waals surface area contributed by atoms with Crippen LogP contribution in [-0.4, -0.2) is 43.4 Å². The van der Waals surface area contributed by atoms with Crippen LogP contribution in [0.5, 0.6) is 0 Å². The van der Waals surface area contributed by atoms with Gasteiger partial charge in [-0.05, 0) is 31.2 Å². The molecular weight excluding hydrogens is 272 g/mol. The second-order valence-electron chi connectivity index (χ2n) is 4.00. The van der Waals surface area contributed by atoms with Crippen molar-refractivity contribution in [1.82, 2.24) is 4.90 Å². The van der Waals surface area contributed by atoms with Gasteiger partial charge in [0, 0.05) is 12.6 Å². The Morgan fingerprint density at radius 1 is 1.26 bits per heavy atom. The van der Waals surface area contributed by atoms with Crippen molar-refractivity contribution in [2.24, 2.45) is 5.14 Å². The number of benzene rings is 1. The summed E-state index contributed by atoms with van der Waals surface area (Å²) in [6.07, 6.45) is 0. The molecule has 0 fully saturated rings. The number of sulfonamides is 1. The molecule has 7 nitrogen and oxygen atoms in total. The quantitative estimate of drug-likeness (QED) is 0.800. The minimum atomic E-state index is -3.81. The Kier molecular flexibility index (Phi) is 4.28. The second-order valence-corrected chi connectivity index (χ2v) is 5.56. The van der Waals surface area contributed by atoms with E-state index in [9.17, 15) is 18.0 Å². The molecule has 1 aromatic rings. The molecule has 0 bridgehead atoms. The van der Waals surface area contributed by atoms with Crippen molar-refractivity contribution in [3.8, 4) is 0 Å². The number of carbonyl (C=O) groups is 2. The Hall–Kier alpha value is -1.93. The topological polar surface area (TPSA) is 118 Å². The Morgan fingerprint density at radius 3 is 2.11 bits per heavy atom. The average Bonchev–Trinajstić information content (AvgIpc) is 2.35. The van der Waals surface area contributed by atoms with Crippen LogP contribution in [0.1, 0.15) is 17.3 Å². The highest BCUT2D eigenvalue weighted by molar-refractivity contribution is 7.89. The van der Waals surface area contributed by atoms with Crippen LogP contribution in [0.3, 0.4) is 0 Å². The molecule has 8 heteroatoms. The molecule has 1 atom stereocenters. The number of carboxylic acids is 1. The molecule has 0 saturated heterocycles. The van der Waals surface area contributed by atoms with Crippen LogP contribution in [0.4, 0.5) is 0 Å². The molecule has 0 unspecified atom stereocenters. The van der Waals surface area contributed by atoms with Crippen LogP contribution in [0.25, 0.3) is 0 Å². The number of aliphatic carboxylic acids is 1. The molecule has 1 aromatic carbocycles. The van der Waals surface area contributed by atoms with E-state index in [1.807, 2.05) is 0 Å². The maximum Gasteiger partial charge on any atom is 0.326 e. The summed E-state index contributed by atoms with van der Waals surface area (Å²) in [5.41, 5.74) is 0.183. The molecule has 104 valence electrons. The normalized spacial score (nSPS) is 12.8. The van der Waals surface area contributed by atoms with Gasteiger partial charge in [0.1, 0.15) is 6.04 Å². The maximum atomic E-state index is 11.9. The number of hydrogen-bond donors (Lipinski definition) is 2. The number of nitrogens with zero attached hydrogens (tertiary/aromatic N) is 1. The third-order valence-corrected chi connectivity index (χ3v) is 3.62. The Morgan fingerprint density at radius 2 is 1.74 bits per heavy atom. The number of rotatable bonds is 4. The summed E-state index contributed by atoms with van der Waals surface area (Å²) in [7, 11) is -2.46. The van der Waals surface area contributed by atoms with Gasteiger partial charge in [-0.25, -0.2) is 18.4 Å². The SMILES string of the molecule is C[C@@H](C(=O)O)N(C)C(=O)c1ccc(S(N)(=O)=O)cc1. The zero-order valence-corrected chi connectivity index (χ0v) is 11.2. The largest absolute Gasteiger partial charge is 0.480 e. The lowest BCUT2D eigenvalue weighted by molar-refractivity contribution is -0.141. The van der Waals surface area contributed by atoms with Crippen LogP contribution < -0.4 is 5.14 Å². The average molecular weight is 286 g/mol. The summed E-state index contributed by atoms with van der Waals surface area (Å²) in [6, 6.07) is 3.98. The minimum absolute atomic E-state index is 0.113. The molecule has 0 spiro atoms. The zero-order chi connectivity index (χ0) is 14.8. The fraction of sp³-hybridized carbons (Fsp3) is 0.273. The first-order chi connectivity index (χ1) is 8.64. The summed E-state index contributed by atoms with van der Waals surface area (Å²) < 4.78 is 22.1. The molecule has 0 aliphatic rings. The van der Waals surface area contributed by atoms with E-state index in [0.717, 1.165) is 4.90 Å². The molecule has 3 N–H and O–H groups in total. The number of carbonyl (C=O) groups excluding carboxylic acids is 1. The van der Waals surface area contributed by atoms with Gasteiger partial charge in [0.05, 0.1) is 4.90 Å². The minimum Gasteiger partial charge on any atom is -0.480 e. The van der Waals surface area contributed by atoms with Gasteiger partial charge in [0.15, 0.2) is 0 Å². The number of hydrogen-bond acceptors (Lipinski definition) is 4. The fourth-order valence-corrected chi connectivity index (χ4v) is 1.85. The molecule has 0 aromatic heterocycles. The first-order valence-corrected chi connectivity index (χ1v) is 6.82. The third kappa shape index (κ3) is 3.52. The van der Waals surface area contributed by atoms with Crippen molar-refractivity contribution in [1.29, 1.82) is 0 Å². The second kappa shape index (κ2) is 5.37. The van der Waals surface area contributed by atoms with Crippen molar-refractivity contribution in [2.75, 3.05) is 7.05 Å². The number of primary sulfonamides is 1. The molecule has 1 rings (SSSR count). The first-order valence-electron chi connectivity index (χ1n) is 5.27. The van der Waals surface area contributed by atoms with Gasteiger partial charge in [0.2, 0.25) is 10.0 Å². The standard InChI is InChI=1S/C11H14N2O5S/c1-7(11(15)16)13(2)10(14)8-3-5-9(6-4-8)19(12,17)18/h3-7H,1-2H3,(H,15,16)(H2,12,17,18)/t7-/m0/s1. The number of likely N-dealkylation sites (N-methyl/N-ethyl adjacent to an activating group) is 1. The van der Waals surface area contributed by atoms with E-state index in [1.54, 1.807) is 0 Å². The van der Waals surface area contributed by atoms with Gasteiger partial charge in [0.25, 0.3) is 5.91 Å². The van der Waals surface area contributed by atoms with E-state index in [2.05, 4.69) is 0 Å². The highest BCUT2D eigenvalue weighted by Gasteiger charge is 2.22. The van der Waals surface area contributed by atoms with Crippen LogP contribution in [0.2, 0.25) is 0 Å². The molecule has 0 aliphatic heterocycles. The number of amides is 1. The Bertz CT molecular complexity index is 594. The van der Waals surface area contributed by atoms with Crippen molar-refractivity contribution in [3.05, 3.63) is 29.8 Å². The van der Waals surface area contributed by atoms with Crippen LogP contribution in [-0.2, 0) is 14.8 Å². The van der Waals surface area contributed by atoms with Gasteiger partial charge in [-0.1, -0.05) is 0 Å². The van der Waals surface area contributed by atoms with Gasteiger partial charge >= 0.3 is 5.97 Å². The summed E-state index contributed by atoms with van der Waals surface area (Å²) in [4.78, 5) is 23.6. The Balaban J connectivity index is 2.99. The molecule has 19 heavy (non-hydrogen) atoms. The van der Waals surface area contributed by atoms with E-state index in [4.69, 9.17) is 10.2 Å². The van der Waals surface area contributed by atoms with Gasteiger partial charge < -0.3 is 10.0 Å². The molecule has 0 saturated carbocycles. The number of nitrogens with two attached hydrogens (primary N) is 1. The third-order valence-electron chi connectivity index (χ3n) is 2.69. The van der Waals surface area contributed by atoms with E-state index >= 15 is 0 Å². The molecule has 0 heterocycles. The lowest BCUT2D eigenvalue weighted by Gasteiger charge is -2.21. The lowest BCUT2D eigenvalue weighted by Crippen LogP contribution is -2.40. The van der Waals surface area contributed by atoms with Gasteiger partial charge in [-0.3, -0.25) is 4.79 Å². The van der Waals surface area contributed by atoms with Gasteiger partial charge in [-0.2, -0.15) is 0 Å². The molecular formula is C11H14N2O5S. The monoisotopic (exact) mass is 286 g/mol. The number of carboxylic acid groups (broad SMARTS) is 1.